The Morgan fingerprint density at radius 2 is 1.71 bits per heavy atom. The van der Waals surface area contributed by atoms with E-state index in [-0.39, 0.29) is 0 Å². The van der Waals surface area contributed by atoms with E-state index in [1.165, 1.54) is 6.42 Å². The van der Waals surface area contributed by atoms with Crippen LogP contribution in [0.3, 0.4) is 0 Å². The van der Waals surface area contributed by atoms with Gasteiger partial charge in [0.15, 0.2) is 0 Å². The first-order chi connectivity index (χ1) is 13.5. The maximum absolute atomic E-state index is 6.58. The molecule has 154 valence electrons. The zero-order valence-electron chi connectivity index (χ0n) is 17.8. The standard InChI is InChI=1S/C23H33ClN2O2/c1-6-9-10-13-27-23-21(8-3)25-22(20(7-2)26-23)18-12-11-17(14-19(18)24)28-15-16(4)5/h11-12,14,16H,6-10,13,15H2,1-5H3. The fourth-order valence-electron chi connectivity index (χ4n) is 2.86. The number of nitrogens with zero attached hydrogens (tertiary/aromatic N) is 2. The Bertz CT molecular complexity index is 763. The maximum Gasteiger partial charge on any atom is 0.235 e. The number of aryl methyl sites for hydroxylation is 2. The van der Waals surface area contributed by atoms with Gasteiger partial charge in [-0.25, -0.2) is 9.97 Å². The largest absolute Gasteiger partial charge is 0.493 e. The molecular formula is C23H33ClN2O2. The van der Waals surface area contributed by atoms with E-state index < -0.39 is 0 Å². The van der Waals surface area contributed by atoms with Crippen LogP contribution in [-0.4, -0.2) is 23.2 Å². The van der Waals surface area contributed by atoms with Crippen LogP contribution in [-0.2, 0) is 12.8 Å². The third-order valence-electron chi connectivity index (χ3n) is 4.44. The average molecular weight is 405 g/mol. The molecule has 1 aromatic carbocycles. The van der Waals surface area contributed by atoms with Gasteiger partial charge in [0.25, 0.3) is 0 Å². The highest BCUT2D eigenvalue weighted by Crippen LogP contribution is 2.33. The Kier molecular flexibility index (Phi) is 9.04. The Morgan fingerprint density at radius 1 is 0.964 bits per heavy atom. The first-order valence-corrected chi connectivity index (χ1v) is 10.8. The summed E-state index contributed by atoms with van der Waals surface area (Å²) in [6, 6.07) is 5.79. The molecule has 0 atom stereocenters. The van der Waals surface area contributed by atoms with Gasteiger partial charge in [-0.3, -0.25) is 0 Å². The lowest BCUT2D eigenvalue weighted by molar-refractivity contribution is 0.271. The summed E-state index contributed by atoms with van der Waals surface area (Å²) < 4.78 is 11.7. The van der Waals surface area contributed by atoms with E-state index in [0.29, 0.717) is 30.0 Å². The molecule has 0 spiro atoms. The molecule has 0 amide bonds. The third-order valence-corrected chi connectivity index (χ3v) is 4.75. The molecule has 2 rings (SSSR count). The van der Waals surface area contributed by atoms with Crippen molar-refractivity contribution in [1.29, 1.82) is 0 Å². The van der Waals surface area contributed by atoms with Crippen molar-refractivity contribution in [3.8, 4) is 22.9 Å². The molecule has 28 heavy (non-hydrogen) atoms. The van der Waals surface area contributed by atoms with Gasteiger partial charge in [-0.1, -0.05) is 59.1 Å². The van der Waals surface area contributed by atoms with Gasteiger partial charge in [0.05, 0.1) is 29.6 Å². The van der Waals surface area contributed by atoms with E-state index in [2.05, 4.69) is 34.6 Å². The fraction of sp³-hybridized carbons (Fsp3) is 0.565. The minimum Gasteiger partial charge on any atom is -0.493 e. The van der Waals surface area contributed by atoms with Crippen LogP contribution in [0.25, 0.3) is 11.3 Å². The molecule has 0 saturated heterocycles. The summed E-state index contributed by atoms with van der Waals surface area (Å²) in [5.74, 6) is 1.90. The monoisotopic (exact) mass is 404 g/mol. The van der Waals surface area contributed by atoms with Crippen molar-refractivity contribution < 1.29 is 9.47 Å². The second kappa shape index (κ2) is 11.3. The SMILES string of the molecule is CCCCCOc1nc(CC)c(-c2ccc(OCC(C)C)cc2Cl)nc1CC. The summed E-state index contributed by atoms with van der Waals surface area (Å²) in [6.45, 7) is 11.9. The van der Waals surface area contributed by atoms with Gasteiger partial charge in [-0.05, 0) is 43.4 Å². The summed E-state index contributed by atoms with van der Waals surface area (Å²) in [4.78, 5) is 9.67. The zero-order valence-corrected chi connectivity index (χ0v) is 18.6. The van der Waals surface area contributed by atoms with E-state index in [9.17, 15) is 0 Å². The van der Waals surface area contributed by atoms with Gasteiger partial charge in [0, 0.05) is 5.56 Å². The van der Waals surface area contributed by atoms with Crippen molar-refractivity contribution in [2.24, 2.45) is 5.92 Å². The zero-order chi connectivity index (χ0) is 20.5. The number of aromatic nitrogens is 2. The molecule has 0 fully saturated rings. The summed E-state index contributed by atoms with van der Waals surface area (Å²) in [5, 5.41) is 0.629. The first kappa shape index (κ1) is 22.5. The molecular weight excluding hydrogens is 372 g/mol. The molecule has 0 bridgehead atoms. The normalized spacial score (nSPS) is 11.1. The lowest BCUT2D eigenvalue weighted by Crippen LogP contribution is -2.08. The highest BCUT2D eigenvalue weighted by Gasteiger charge is 2.17. The van der Waals surface area contributed by atoms with Crippen LogP contribution in [0.1, 0.15) is 65.3 Å². The van der Waals surface area contributed by atoms with Crippen LogP contribution in [0.5, 0.6) is 11.6 Å². The molecule has 4 nitrogen and oxygen atoms in total. The Labute approximate surface area is 174 Å². The smallest absolute Gasteiger partial charge is 0.235 e. The molecule has 1 heterocycles. The van der Waals surface area contributed by atoms with Crippen molar-refractivity contribution >= 4 is 11.6 Å². The van der Waals surface area contributed by atoms with Crippen molar-refractivity contribution in [2.75, 3.05) is 13.2 Å². The number of benzene rings is 1. The lowest BCUT2D eigenvalue weighted by atomic mass is 10.1. The van der Waals surface area contributed by atoms with Gasteiger partial charge >= 0.3 is 0 Å². The first-order valence-electron chi connectivity index (χ1n) is 10.4. The van der Waals surface area contributed by atoms with E-state index in [4.69, 9.17) is 31.0 Å². The van der Waals surface area contributed by atoms with Gasteiger partial charge in [-0.2, -0.15) is 0 Å². The van der Waals surface area contributed by atoms with Gasteiger partial charge in [-0.15, -0.1) is 0 Å². The summed E-state index contributed by atoms with van der Waals surface area (Å²) in [7, 11) is 0. The number of hydrogen-bond acceptors (Lipinski definition) is 4. The molecule has 0 aliphatic heterocycles. The molecule has 0 N–H and O–H groups in total. The quantitative estimate of drug-likeness (QED) is 0.399. The number of rotatable bonds is 11. The highest BCUT2D eigenvalue weighted by atomic mass is 35.5. The van der Waals surface area contributed by atoms with Crippen molar-refractivity contribution in [3.63, 3.8) is 0 Å². The van der Waals surface area contributed by atoms with Crippen LogP contribution in [0.2, 0.25) is 5.02 Å². The Morgan fingerprint density at radius 3 is 2.32 bits per heavy atom. The van der Waals surface area contributed by atoms with Crippen LogP contribution in [0, 0.1) is 5.92 Å². The second-order valence-electron chi connectivity index (χ2n) is 7.38. The summed E-state index contributed by atoms with van der Waals surface area (Å²) in [6.07, 6.45) is 4.90. The fourth-order valence-corrected chi connectivity index (χ4v) is 3.12. The topological polar surface area (TPSA) is 44.2 Å². The van der Waals surface area contributed by atoms with E-state index in [1.807, 2.05) is 18.2 Å². The molecule has 1 aromatic heterocycles. The van der Waals surface area contributed by atoms with E-state index in [1.54, 1.807) is 0 Å². The van der Waals surface area contributed by atoms with Crippen LogP contribution < -0.4 is 9.47 Å². The van der Waals surface area contributed by atoms with Gasteiger partial charge in [0.1, 0.15) is 11.4 Å². The number of halogens is 1. The Balaban J connectivity index is 2.31. The summed E-state index contributed by atoms with van der Waals surface area (Å²) >= 11 is 6.58. The number of hydrogen-bond donors (Lipinski definition) is 0. The average Bonchev–Trinajstić information content (AvgIpc) is 2.69. The molecule has 2 aromatic rings. The highest BCUT2D eigenvalue weighted by molar-refractivity contribution is 6.33. The van der Waals surface area contributed by atoms with Gasteiger partial charge in [0.2, 0.25) is 5.88 Å². The van der Waals surface area contributed by atoms with Crippen LogP contribution in [0.4, 0.5) is 0 Å². The van der Waals surface area contributed by atoms with Crippen molar-refractivity contribution in [3.05, 3.63) is 34.6 Å². The molecule has 5 heteroatoms. The van der Waals surface area contributed by atoms with Gasteiger partial charge < -0.3 is 9.47 Å². The molecule has 0 radical (unpaired) electrons. The van der Waals surface area contributed by atoms with Crippen LogP contribution >= 0.6 is 11.6 Å². The maximum atomic E-state index is 6.58. The third kappa shape index (κ3) is 6.10. The van der Waals surface area contributed by atoms with E-state index in [0.717, 1.165) is 54.1 Å². The molecule has 0 unspecified atom stereocenters. The number of ether oxygens (including phenoxy) is 2. The molecule has 0 aliphatic carbocycles. The minimum atomic E-state index is 0.466. The molecule has 0 saturated carbocycles. The second-order valence-corrected chi connectivity index (χ2v) is 7.79. The van der Waals surface area contributed by atoms with Crippen LogP contribution in [0.15, 0.2) is 18.2 Å². The summed E-state index contributed by atoms with van der Waals surface area (Å²) in [5.41, 5.74) is 3.50. The van der Waals surface area contributed by atoms with Crippen molar-refractivity contribution in [2.45, 2.75) is 66.7 Å². The lowest BCUT2D eigenvalue weighted by Gasteiger charge is -2.15. The van der Waals surface area contributed by atoms with Crippen molar-refractivity contribution in [1.82, 2.24) is 9.97 Å². The predicted molar refractivity (Wildman–Crippen MR) is 117 cm³/mol. The Hall–Kier alpha value is -1.81. The predicted octanol–water partition coefficient (Wildman–Crippen LogP) is 6.53. The minimum absolute atomic E-state index is 0.466. The van der Waals surface area contributed by atoms with E-state index >= 15 is 0 Å². The number of unbranched alkanes of at least 4 members (excludes halogenated alkanes) is 2. The molecule has 0 aliphatic rings.